The van der Waals surface area contributed by atoms with Crippen molar-refractivity contribution in [3.8, 4) is 40.1 Å². The summed E-state index contributed by atoms with van der Waals surface area (Å²) < 4.78 is 6.95. The Balaban J connectivity index is 1.36. The van der Waals surface area contributed by atoms with E-state index >= 15 is 0 Å². The molecule has 6 heteroatoms. The molecular weight excluding hydrogens is 649 g/mol. The zero-order valence-corrected chi connectivity index (χ0v) is 28.5. The SMILES string of the molecule is c1ccc(-c2nc(-c3ccccc3)nc(-n3c4c(ccc5c4ccn5-c4ccccc4)c4ccc5c6ccccc6n(-c6ccccc6)c5c43)n2)cc1. The Kier molecular flexibility index (Phi) is 6.45. The van der Waals surface area contributed by atoms with Gasteiger partial charge in [-0.05, 0) is 42.5 Å². The van der Waals surface area contributed by atoms with Crippen molar-refractivity contribution in [3.63, 3.8) is 0 Å². The topological polar surface area (TPSA) is 53.5 Å². The Hall–Kier alpha value is -7.31. The second-order valence-electron chi connectivity index (χ2n) is 13.3. The third-order valence-corrected chi connectivity index (χ3v) is 10.3. The first-order valence-electron chi connectivity index (χ1n) is 17.8. The molecule has 0 aliphatic rings. The summed E-state index contributed by atoms with van der Waals surface area (Å²) in [5.41, 5.74) is 9.50. The van der Waals surface area contributed by atoms with E-state index in [2.05, 4.69) is 159 Å². The van der Waals surface area contributed by atoms with Gasteiger partial charge in [0.2, 0.25) is 5.95 Å². The van der Waals surface area contributed by atoms with Crippen molar-refractivity contribution in [2.45, 2.75) is 0 Å². The highest BCUT2D eigenvalue weighted by Gasteiger charge is 2.25. The van der Waals surface area contributed by atoms with E-state index in [1.54, 1.807) is 0 Å². The zero-order chi connectivity index (χ0) is 34.9. The van der Waals surface area contributed by atoms with Crippen LogP contribution in [0, 0.1) is 0 Å². The maximum atomic E-state index is 5.33. The van der Waals surface area contributed by atoms with Crippen LogP contribution in [0.3, 0.4) is 0 Å². The molecule has 6 nitrogen and oxygen atoms in total. The van der Waals surface area contributed by atoms with Gasteiger partial charge in [0.25, 0.3) is 0 Å². The van der Waals surface area contributed by atoms with Crippen LogP contribution in [-0.4, -0.2) is 28.7 Å². The molecule has 4 heterocycles. The van der Waals surface area contributed by atoms with Gasteiger partial charge >= 0.3 is 0 Å². The largest absolute Gasteiger partial charge is 0.316 e. The molecule has 0 unspecified atom stereocenters. The molecule has 0 atom stereocenters. The molecule has 0 saturated heterocycles. The molecular formula is C47H30N6. The summed E-state index contributed by atoms with van der Waals surface area (Å²) in [5.74, 6) is 1.80. The standard InChI is InChI=1S/C47H30N6/c1-5-15-31(16-6-1)45-48-46(32-17-7-2-8-18-32)50-47(49-45)53-42-37(27-28-40-39(42)29-30-51(40)33-19-9-3-10-20-33)38-26-25-36-35-23-13-14-24-41(35)52(43(36)44(38)53)34-21-11-4-12-22-34/h1-30H. The highest BCUT2D eigenvalue weighted by molar-refractivity contribution is 6.26. The number of hydrogen-bond donors (Lipinski definition) is 0. The summed E-state index contributed by atoms with van der Waals surface area (Å²) >= 11 is 0. The quantitative estimate of drug-likeness (QED) is 0.182. The van der Waals surface area contributed by atoms with Crippen LogP contribution in [-0.2, 0) is 0 Å². The van der Waals surface area contributed by atoms with Crippen LogP contribution >= 0.6 is 0 Å². The molecule has 53 heavy (non-hydrogen) atoms. The fourth-order valence-corrected chi connectivity index (χ4v) is 8.01. The predicted molar refractivity (Wildman–Crippen MR) is 216 cm³/mol. The van der Waals surface area contributed by atoms with Gasteiger partial charge in [0.15, 0.2) is 11.6 Å². The molecule has 0 radical (unpaired) electrons. The molecule has 4 aromatic heterocycles. The molecule has 0 bridgehead atoms. The van der Waals surface area contributed by atoms with E-state index in [0.717, 1.165) is 66.2 Å². The summed E-state index contributed by atoms with van der Waals surface area (Å²) in [5, 5.41) is 5.73. The van der Waals surface area contributed by atoms with Crippen molar-refractivity contribution in [3.05, 3.63) is 182 Å². The lowest BCUT2D eigenvalue weighted by Gasteiger charge is -2.13. The van der Waals surface area contributed by atoms with Crippen molar-refractivity contribution in [1.82, 2.24) is 28.7 Å². The number of hydrogen-bond acceptors (Lipinski definition) is 3. The van der Waals surface area contributed by atoms with Gasteiger partial charge in [-0.2, -0.15) is 9.97 Å². The minimum atomic E-state index is 0.565. The summed E-state index contributed by atoms with van der Waals surface area (Å²) in [6.45, 7) is 0. The number of nitrogens with zero attached hydrogens (tertiary/aromatic N) is 6. The molecule has 248 valence electrons. The Morgan fingerprint density at radius 2 is 0.830 bits per heavy atom. The van der Waals surface area contributed by atoms with Crippen LogP contribution in [0.15, 0.2) is 182 Å². The first kappa shape index (κ1) is 29.4. The highest BCUT2D eigenvalue weighted by Crippen LogP contribution is 2.43. The fourth-order valence-electron chi connectivity index (χ4n) is 8.01. The molecule has 11 aromatic rings. The Bertz CT molecular complexity index is 3080. The molecule has 11 rings (SSSR count). The minimum absolute atomic E-state index is 0.565. The lowest BCUT2D eigenvalue weighted by molar-refractivity contribution is 0.955. The molecule has 0 spiro atoms. The molecule has 7 aromatic carbocycles. The van der Waals surface area contributed by atoms with E-state index in [0.29, 0.717) is 17.6 Å². The van der Waals surface area contributed by atoms with Crippen LogP contribution < -0.4 is 0 Å². The number of fused-ring (bicyclic) bond motifs is 9. The summed E-state index contributed by atoms with van der Waals surface area (Å²) in [6, 6.07) is 61.5. The third-order valence-electron chi connectivity index (χ3n) is 10.3. The van der Waals surface area contributed by atoms with Crippen molar-refractivity contribution in [2.75, 3.05) is 0 Å². The lowest BCUT2D eigenvalue weighted by atomic mass is 10.1. The monoisotopic (exact) mass is 678 g/mol. The van der Waals surface area contributed by atoms with Gasteiger partial charge in [0.05, 0.1) is 27.6 Å². The lowest BCUT2D eigenvalue weighted by Crippen LogP contribution is -2.07. The van der Waals surface area contributed by atoms with Gasteiger partial charge in [-0.3, -0.25) is 4.57 Å². The van der Waals surface area contributed by atoms with E-state index in [4.69, 9.17) is 15.0 Å². The normalized spacial score (nSPS) is 11.8. The van der Waals surface area contributed by atoms with Gasteiger partial charge in [-0.25, -0.2) is 4.98 Å². The zero-order valence-electron chi connectivity index (χ0n) is 28.5. The maximum Gasteiger partial charge on any atom is 0.238 e. The maximum absolute atomic E-state index is 5.33. The van der Waals surface area contributed by atoms with E-state index < -0.39 is 0 Å². The second-order valence-corrected chi connectivity index (χ2v) is 13.3. The minimum Gasteiger partial charge on any atom is -0.316 e. The van der Waals surface area contributed by atoms with Crippen LogP contribution in [0.4, 0.5) is 0 Å². The van der Waals surface area contributed by atoms with E-state index in [1.807, 2.05) is 36.4 Å². The average Bonchev–Trinajstić information content (AvgIpc) is 3.92. The number of benzene rings is 7. The van der Waals surface area contributed by atoms with Gasteiger partial charge < -0.3 is 9.13 Å². The highest BCUT2D eigenvalue weighted by atomic mass is 15.2. The molecule has 0 amide bonds. The average molecular weight is 679 g/mol. The van der Waals surface area contributed by atoms with Gasteiger partial charge in [-0.15, -0.1) is 0 Å². The number of aromatic nitrogens is 6. The van der Waals surface area contributed by atoms with Gasteiger partial charge in [0, 0.05) is 55.6 Å². The molecule has 0 aliphatic heterocycles. The van der Waals surface area contributed by atoms with Crippen LogP contribution in [0.25, 0.3) is 94.6 Å². The Labute approximate surface area is 304 Å². The smallest absolute Gasteiger partial charge is 0.238 e. The second kappa shape index (κ2) is 11.6. The first-order chi connectivity index (χ1) is 26.3. The van der Waals surface area contributed by atoms with Crippen LogP contribution in [0.1, 0.15) is 0 Å². The van der Waals surface area contributed by atoms with E-state index in [-0.39, 0.29) is 0 Å². The Morgan fingerprint density at radius 3 is 1.49 bits per heavy atom. The van der Waals surface area contributed by atoms with Gasteiger partial charge in [-0.1, -0.05) is 133 Å². The van der Waals surface area contributed by atoms with Crippen molar-refractivity contribution in [1.29, 1.82) is 0 Å². The summed E-state index contributed by atoms with van der Waals surface area (Å²) in [4.78, 5) is 15.7. The third kappa shape index (κ3) is 4.49. The number of para-hydroxylation sites is 3. The van der Waals surface area contributed by atoms with Crippen LogP contribution in [0.2, 0.25) is 0 Å². The van der Waals surface area contributed by atoms with Crippen molar-refractivity contribution >= 4 is 54.5 Å². The fraction of sp³-hybridized carbons (Fsp3) is 0. The molecule has 0 aliphatic carbocycles. The summed E-state index contributed by atoms with van der Waals surface area (Å²) in [6.07, 6.45) is 2.16. The predicted octanol–water partition coefficient (Wildman–Crippen LogP) is 11.3. The first-order valence-corrected chi connectivity index (χ1v) is 17.8. The van der Waals surface area contributed by atoms with Crippen molar-refractivity contribution < 1.29 is 0 Å². The van der Waals surface area contributed by atoms with Gasteiger partial charge in [0.1, 0.15) is 0 Å². The van der Waals surface area contributed by atoms with Crippen LogP contribution in [0.5, 0.6) is 0 Å². The van der Waals surface area contributed by atoms with Crippen molar-refractivity contribution in [2.24, 2.45) is 0 Å². The summed E-state index contributed by atoms with van der Waals surface area (Å²) in [7, 11) is 0. The Morgan fingerprint density at radius 1 is 0.321 bits per heavy atom. The van der Waals surface area contributed by atoms with E-state index in [9.17, 15) is 0 Å². The molecule has 0 fully saturated rings. The molecule has 0 saturated carbocycles. The van der Waals surface area contributed by atoms with E-state index in [1.165, 1.54) is 10.8 Å². The number of rotatable bonds is 5. The molecule has 0 N–H and O–H groups in total.